The molecule has 1 aliphatic rings. The first-order valence-corrected chi connectivity index (χ1v) is 8.29. The maximum atomic E-state index is 12.4. The van der Waals surface area contributed by atoms with Crippen LogP contribution in [0, 0.1) is 0 Å². The SMILES string of the molecule is CC(C)N(CCC(=O)N1CCCC1C(=O)O)Cc1ccccc1. The Balaban J connectivity index is 1.91. The van der Waals surface area contributed by atoms with Gasteiger partial charge in [0.25, 0.3) is 0 Å². The molecule has 0 saturated carbocycles. The van der Waals surface area contributed by atoms with Crippen molar-refractivity contribution in [2.24, 2.45) is 0 Å². The minimum atomic E-state index is -0.888. The highest BCUT2D eigenvalue weighted by Crippen LogP contribution is 2.19. The van der Waals surface area contributed by atoms with Crippen molar-refractivity contribution in [2.75, 3.05) is 13.1 Å². The molecular formula is C18H26N2O3. The van der Waals surface area contributed by atoms with Crippen molar-refractivity contribution >= 4 is 11.9 Å². The Hall–Kier alpha value is -1.88. The second-order valence-corrected chi connectivity index (χ2v) is 6.38. The zero-order chi connectivity index (χ0) is 16.8. The summed E-state index contributed by atoms with van der Waals surface area (Å²) in [5.74, 6) is -0.936. The quantitative estimate of drug-likeness (QED) is 0.838. The van der Waals surface area contributed by atoms with Gasteiger partial charge in [0.15, 0.2) is 0 Å². The number of aliphatic carboxylic acids is 1. The van der Waals surface area contributed by atoms with Crippen molar-refractivity contribution < 1.29 is 14.7 Å². The molecule has 0 bridgehead atoms. The summed E-state index contributed by atoms with van der Waals surface area (Å²) in [4.78, 5) is 27.4. The molecule has 1 amide bonds. The molecular weight excluding hydrogens is 292 g/mol. The van der Waals surface area contributed by atoms with E-state index >= 15 is 0 Å². The largest absolute Gasteiger partial charge is 0.480 e. The summed E-state index contributed by atoms with van der Waals surface area (Å²) in [6, 6.07) is 9.88. The van der Waals surface area contributed by atoms with Gasteiger partial charge in [-0.1, -0.05) is 30.3 Å². The fraction of sp³-hybridized carbons (Fsp3) is 0.556. The van der Waals surface area contributed by atoms with Gasteiger partial charge in [0.1, 0.15) is 6.04 Å². The molecule has 0 aromatic heterocycles. The summed E-state index contributed by atoms with van der Waals surface area (Å²) in [6.45, 7) is 6.24. The van der Waals surface area contributed by atoms with Gasteiger partial charge in [0.2, 0.25) is 5.91 Å². The Morgan fingerprint density at radius 1 is 1.30 bits per heavy atom. The Labute approximate surface area is 137 Å². The number of carbonyl (C=O) groups is 2. The molecule has 1 aliphatic heterocycles. The molecule has 1 atom stereocenters. The average Bonchev–Trinajstić information content (AvgIpc) is 3.01. The number of rotatable bonds is 7. The van der Waals surface area contributed by atoms with Gasteiger partial charge < -0.3 is 10.0 Å². The molecule has 1 aromatic carbocycles. The van der Waals surface area contributed by atoms with Crippen molar-refractivity contribution in [3.63, 3.8) is 0 Å². The molecule has 0 radical (unpaired) electrons. The zero-order valence-electron chi connectivity index (χ0n) is 13.9. The van der Waals surface area contributed by atoms with Crippen molar-refractivity contribution in [1.82, 2.24) is 9.80 Å². The van der Waals surface area contributed by atoms with Crippen LogP contribution >= 0.6 is 0 Å². The van der Waals surface area contributed by atoms with Gasteiger partial charge in [0.05, 0.1) is 0 Å². The first-order valence-electron chi connectivity index (χ1n) is 8.29. The fourth-order valence-electron chi connectivity index (χ4n) is 3.04. The predicted molar refractivity (Wildman–Crippen MR) is 89.0 cm³/mol. The van der Waals surface area contributed by atoms with E-state index in [4.69, 9.17) is 0 Å². The molecule has 23 heavy (non-hydrogen) atoms. The van der Waals surface area contributed by atoms with Crippen LogP contribution in [0.5, 0.6) is 0 Å². The van der Waals surface area contributed by atoms with Gasteiger partial charge in [0, 0.05) is 32.1 Å². The van der Waals surface area contributed by atoms with E-state index in [0.29, 0.717) is 32.0 Å². The Morgan fingerprint density at radius 2 is 2.00 bits per heavy atom. The predicted octanol–water partition coefficient (Wildman–Crippen LogP) is 2.36. The van der Waals surface area contributed by atoms with E-state index in [9.17, 15) is 14.7 Å². The number of carboxylic acids is 1. The molecule has 126 valence electrons. The summed E-state index contributed by atoms with van der Waals surface area (Å²) in [6.07, 6.45) is 1.72. The monoisotopic (exact) mass is 318 g/mol. The zero-order valence-corrected chi connectivity index (χ0v) is 13.9. The van der Waals surface area contributed by atoms with Crippen LogP contribution in [-0.4, -0.2) is 52.0 Å². The van der Waals surface area contributed by atoms with Gasteiger partial charge in [-0.2, -0.15) is 0 Å². The minimum absolute atomic E-state index is 0.0476. The molecule has 1 N–H and O–H groups in total. The number of hydrogen-bond acceptors (Lipinski definition) is 3. The average molecular weight is 318 g/mol. The number of carbonyl (C=O) groups excluding carboxylic acids is 1. The second kappa shape index (κ2) is 8.11. The van der Waals surface area contributed by atoms with Gasteiger partial charge >= 0.3 is 5.97 Å². The van der Waals surface area contributed by atoms with Gasteiger partial charge in [-0.25, -0.2) is 4.79 Å². The minimum Gasteiger partial charge on any atom is -0.480 e. The smallest absolute Gasteiger partial charge is 0.326 e. The van der Waals surface area contributed by atoms with Crippen LogP contribution < -0.4 is 0 Å². The number of hydrogen-bond donors (Lipinski definition) is 1. The van der Waals surface area contributed by atoms with Crippen LogP contribution in [-0.2, 0) is 16.1 Å². The van der Waals surface area contributed by atoms with E-state index in [-0.39, 0.29) is 5.91 Å². The van der Waals surface area contributed by atoms with E-state index in [1.54, 1.807) is 0 Å². The third-order valence-electron chi connectivity index (χ3n) is 4.43. The first-order chi connectivity index (χ1) is 11.0. The summed E-state index contributed by atoms with van der Waals surface area (Å²) < 4.78 is 0. The number of benzene rings is 1. The normalized spacial score (nSPS) is 17.9. The lowest BCUT2D eigenvalue weighted by molar-refractivity contribution is -0.148. The van der Waals surface area contributed by atoms with Crippen LogP contribution in [0.3, 0.4) is 0 Å². The molecule has 1 saturated heterocycles. The van der Waals surface area contributed by atoms with E-state index in [1.807, 2.05) is 18.2 Å². The molecule has 5 nitrogen and oxygen atoms in total. The Kier molecular flexibility index (Phi) is 6.16. The van der Waals surface area contributed by atoms with Crippen LogP contribution in [0.15, 0.2) is 30.3 Å². The summed E-state index contributed by atoms with van der Waals surface area (Å²) in [7, 11) is 0. The topological polar surface area (TPSA) is 60.9 Å². The van der Waals surface area contributed by atoms with Gasteiger partial charge in [-0.15, -0.1) is 0 Å². The number of amides is 1. The molecule has 5 heteroatoms. The standard InChI is InChI=1S/C18H26N2O3/c1-14(2)19(13-15-7-4-3-5-8-15)12-10-17(21)20-11-6-9-16(20)18(22)23/h3-5,7-8,14,16H,6,9-13H2,1-2H3,(H,22,23). The highest BCUT2D eigenvalue weighted by atomic mass is 16.4. The van der Waals surface area contributed by atoms with Crippen LogP contribution in [0.1, 0.15) is 38.7 Å². The first kappa shape index (κ1) is 17.5. The maximum Gasteiger partial charge on any atom is 0.326 e. The Morgan fingerprint density at radius 3 is 2.61 bits per heavy atom. The molecule has 2 rings (SSSR count). The van der Waals surface area contributed by atoms with Crippen LogP contribution in [0.25, 0.3) is 0 Å². The van der Waals surface area contributed by atoms with Gasteiger partial charge in [-0.3, -0.25) is 9.69 Å². The summed E-state index contributed by atoms with van der Waals surface area (Å²) in [5.41, 5.74) is 1.22. The maximum absolute atomic E-state index is 12.4. The van der Waals surface area contributed by atoms with Crippen molar-refractivity contribution in [1.29, 1.82) is 0 Å². The lowest BCUT2D eigenvalue weighted by Crippen LogP contribution is -2.42. The van der Waals surface area contributed by atoms with E-state index in [1.165, 1.54) is 10.5 Å². The van der Waals surface area contributed by atoms with Crippen LogP contribution in [0.2, 0.25) is 0 Å². The number of nitrogens with zero attached hydrogens (tertiary/aromatic N) is 2. The van der Waals surface area contributed by atoms with Gasteiger partial charge in [-0.05, 0) is 32.3 Å². The molecule has 1 fully saturated rings. The third-order valence-corrected chi connectivity index (χ3v) is 4.43. The third kappa shape index (κ3) is 4.79. The summed E-state index contributed by atoms with van der Waals surface area (Å²) in [5, 5.41) is 9.19. The fourth-order valence-corrected chi connectivity index (χ4v) is 3.04. The lowest BCUT2D eigenvalue weighted by Gasteiger charge is -2.28. The lowest BCUT2D eigenvalue weighted by atomic mass is 10.1. The van der Waals surface area contributed by atoms with E-state index in [2.05, 4.69) is 30.9 Å². The molecule has 0 aliphatic carbocycles. The number of likely N-dealkylation sites (tertiary alicyclic amines) is 1. The number of carboxylic acid groups (broad SMARTS) is 1. The second-order valence-electron chi connectivity index (χ2n) is 6.38. The van der Waals surface area contributed by atoms with Crippen LogP contribution in [0.4, 0.5) is 0 Å². The molecule has 1 heterocycles. The molecule has 1 aromatic rings. The van der Waals surface area contributed by atoms with Crippen molar-refractivity contribution in [2.45, 2.75) is 51.7 Å². The molecule has 0 spiro atoms. The van der Waals surface area contributed by atoms with Crippen molar-refractivity contribution in [3.8, 4) is 0 Å². The highest BCUT2D eigenvalue weighted by Gasteiger charge is 2.33. The van der Waals surface area contributed by atoms with E-state index in [0.717, 1.165) is 13.0 Å². The summed E-state index contributed by atoms with van der Waals surface area (Å²) >= 11 is 0. The Bertz CT molecular complexity index is 530. The van der Waals surface area contributed by atoms with Crippen molar-refractivity contribution in [3.05, 3.63) is 35.9 Å². The molecule has 1 unspecified atom stereocenters. The highest BCUT2D eigenvalue weighted by molar-refractivity contribution is 5.84. The van der Waals surface area contributed by atoms with E-state index < -0.39 is 12.0 Å².